The Kier molecular flexibility index (Phi) is 5.92. The van der Waals surface area contributed by atoms with Crippen molar-refractivity contribution in [2.75, 3.05) is 33.3 Å². The molecule has 0 radical (unpaired) electrons. The maximum absolute atomic E-state index is 11.5. The summed E-state index contributed by atoms with van der Waals surface area (Å²) in [6.45, 7) is 7.29. The lowest BCUT2D eigenvalue weighted by Gasteiger charge is -2.38. The number of carbonyl (C=O) groups is 1. The highest BCUT2D eigenvalue weighted by molar-refractivity contribution is 5.71. The smallest absolute Gasteiger partial charge is 0.320 e. The summed E-state index contributed by atoms with van der Waals surface area (Å²) in [4.78, 5) is 13.7. The third-order valence-corrected chi connectivity index (χ3v) is 3.68. The van der Waals surface area contributed by atoms with Gasteiger partial charge in [0.25, 0.3) is 0 Å². The van der Waals surface area contributed by atoms with E-state index in [0.717, 1.165) is 38.8 Å². The molecular weight excluding hydrogens is 216 g/mol. The molecule has 1 N–H and O–H groups in total. The molecule has 0 aromatic carbocycles. The summed E-state index contributed by atoms with van der Waals surface area (Å²) in [6.07, 6.45) is 4.21. The number of carbonyl (C=O) groups excluding carboxylic acids is 1. The molecule has 1 aliphatic rings. The average Bonchev–Trinajstić information content (AvgIpc) is 2.33. The van der Waals surface area contributed by atoms with Gasteiger partial charge in [-0.1, -0.05) is 13.3 Å². The zero-order chi connectivity index (χ0) is 12.7. The lowest BCUT2D eigenvalue weighted by molar-refractivity contribution is -0.145. The van der Waals surface area contributed by atoms with Crippen LogP contribution in [0.25, 0.3) is 0 Å². The maximum atomic E-state index is 11.5. The van der Waals surface area contributed by atoms with Crippen molar-refractivity contribution in [3.63, 3.8) is 0 Å². The van der Waals surface area contributed by atoms with E-state index < -0.39 is 0 Å². The number of nitrogens with one attached hydrogen (secondary N) is 1. The second-order valence-electron chi connectivity index (χ2n) is 5.16. The average molecular weight is 242 g/mol. The summed E-state index contributed by atoms with van der Waals surface area (Å²) in [5.74, 6) is -0.0773. The Hall–Kier alpha value is -0.610. The third kappa shape index (κ3) is 5.04. The van der Waals surface area contributed by atoms with Gasteiger partial charge in [0.2, 0.25) is 0 Å². The third-order valence-electron chi connectivity index (χ3n) is 3.68. The molecule has 0 saturated carbocycles. The van der Waals surface area contributed by atoms with Gasteiger partial charge < -0.3 is 10.1 Å². The lowest BCUT2D eigenvalue weighted by atomic mass is 9.90. The molecule has 0 atom stereocenters. The van der Waals surface area contributed by atoms with Crippen LogP contribution < -0.4 is 5.32 Å². The zero-order valence-corrected chi connectivity index (χ0v) is 11.4. The molecule has 1 heterocycles. The van der Waals surface area contributed by atoms with E-state index in [4.69, 9.17) is 4.74 Å². The van der Waals surface area contributed by atoms with Gasteiger partial charge in [-0.2, -0.15) is 0 Å². The maximum Gasteiger partial charge on any atom is 0.320 e. The first-order chi connectivity index (χ1) is 8.09. The van der Waals surface area contributed by atoms with Gasteiger partial charge in [0.05, 0.1) is 13.2 Å². The predicted octanol–water partition coefficient (Wildman–Crippen LogP) is 1.40. The quantitative estimate of drug-likeness (QED) is 0.565. The Balaban J connectivity index is 2.19. The minimum absolute atomic E-state index is 0.0773. The number of esters is 1. The molecule has 1 fully saturated rings. The van der Waals surface area contributed by atoms with Gasteiger partial charge in [0.15, 0.2) is 0 Å². The van der Waals surface area contributed by atoms with E-state index in [1.54, 1.807) is 0 Å². The first-order valence-corrected chi connectivity index (χ1v) is 6.66. The molecule has 0 amide bonds. The van der Waals surface area contributed by atoms with Crippen LogP contribution in [0.3, 0.4) is 0 Å². The van der Waals surface area contributed by atoms with Crippen LogP contribution in [-0.4, -0.2) is 49.7 Å². The molecule has 17 heavy (non-hydrogen) atoms. The molecular formula is C13H26N2O2. The second kappa shape index (κ2) is 6.97. The van der Waals surface area contributed by atoms with Crippen LogP contribution in [0.4, 0.5) is 0 Å². The number of likely N-dealkylation sites (tertiary alicyclic amines) is 1. The molecule has 0 unspecified atom stereocenters. The monoisotopic (exact) mass is 242 g/mol. The summed E-state index contributed by atoms with van der Waals surface area (Å²) < 4.78 is 5.17. The number of hydrogen-bond donors (Lipinski definition) is 1. The lowest BCUT2D eigenvalue weighted by Crippen LogP contribution is -2.50. The first-order valence-electron chi connectivity index (χ1n) is 6.66. The van der Waals surface area contributed by atoms with Gasteiger partial charge in [-0.05, 0) is 33.2 Å². The van der Waals surface area contributed by atoms with Crippen molar-refractivity contribution in [3.05, 3.63) is 0 Å². The van der Waals surface area contributed by atoms with Crippen LogP contribution in [0.5, 0.6) is 0 Å². The van der Waals surface area contributed by atoms with Crippen molar-refractivity contribution >= 4 is 5.97 Å². The van der Waals surface area contributed by atoms with Crippen molar-refractivity contribution in [1.29, 1.82) is 0 Å². The van der Waals surface area contributed by atoms with Crippen molar-refractivity contribution in [1.82, 2.24) is 10.2 Å². The molecule has 0 aliphatic carbocycles. The zero-order valence-electron chi connectivity index (χ0n) is 11.4. The summed E-state index contributed by atoms with van der Waals surface area (Å²) in [7, 11) is 2.01. The van der Waals surface area contributed by atoms with Crippen LogP contribution in [-0.2, 0) is 9.53 Å². The number of rotatable bonds is 6. The van der Waals surface area contributed by atoms with E-state index in [-0.39, 0.29) is 11.5 Å². The number of piperidine rings is 1. The Morgan fingerprint density at radius 1 is 1.41 bits per heavy atom. The van der Waals surface area contributed by atoms with Gasteiger partial charge in [0.1, 0.15) is 0 Å². The summed E-state index contributed by atoms with van der Waals surface area (Å²) >= 11 is 0. The molecule has 0 aromatic rings. The SMILES string of the molecule is CCCCOC(=O)CN1CCC(C)(NC)CC1. The Labute approximate surface area is 105 Å². The number of hydrogen-bond acceptors (Lipinski definition) is 4. The summed E-state index contributed by atoms with van der Waals surface area (Å²) in [5.41, 5.74) is 0.239. The fraction of sp³-hybridized carbons (Fsp3) is 0.923. The van der Waals surface area contributed by atoms with Crippen molar-refractivity contribution in [2.45, 2.75) is 45.1 Å². The van der Waals surface area contributed by atoms with Gasteiger partial charge in [-0.3, -0.25) is 9.69 Å². The molecule has 0 bridgehead atoms. The fourth-order valence-electron chi connectivity index (χ4n) is 2.01. The van der Waals surface area contributed by atoms with E-state index in [1.807, 2.05) is 7.05 Å². The Bertz CT molecular complexity index is 236. The van der Waals surface area contributed by atoms with Crippen LogP contribution in [0, 0.1) is 0 Å². The van der Waals surface area contributed by atoms with Crippen molar-refractivity contribution in [3.8, 4) is 0 Å². The van der Waals surface area contributed by atoms with E-state index in [0.29, 0.717) is 13.2 Å². The highest BCUT2D eigenvalue weighted by Gasteiger charge is 2.28. The first kappa shape index (κ1) is 14.5. The second-order valence-corrected chi connectivity index (χ2v) is 5.16. The molecule has 0 aromatic heterocycles. The summed E-state index contributed by atoms with van der Waals surface area (Å²) in [5, 5.41) is 3.35. The van der Waals surface area contributed by atoms with Gasteiger partial charge in [-0.15, -0.1) is 0 Å². The largest absolute Gasteiger partial charge is 0.465 e. The molecule has 0 spiro atoms. The van der Waals surface area contributed by atoms with Gasteiger partial charge in [0, 0.05) is 18.6 Å². The highest BCUT2D eigenvalue weighted by atomic mass is 16.5. The number of unbranched alkanes of at least 4 members (excludes halogenated alkanes) is 1. The standard InChI is InChI=1S/C13H26N2O2/c1-4-5-10-17-12(16)11-15-8-6-13(2,14-3)7-9-15/h14H,4-11H2,1-3H3. The molecule has 4 heteroatoms. The molecule has 1 saturated heterocycles. The minimum atomic E-state index is -0.0773. The fourth-order valence-corrected chi connectivity index (χ4v) is 2.01. The Morgan fingerprint density at radius 3 is 2.59 bits per heavy atom. The van der Waals surface area contributed by atoms with Crippen LogP contribution >= 0.6 is 0 Å². The normalized spacial score (nSPS) is 20.2. The topological polar surface area (TPSA) is 41.6 Å². The number of nitrogens with zero attached hydrogens (tertiary/aromatic N) is 1. The summed E-state index contributed by atoms with van der Waals surface area (Å²) in [6, 6.07) is 0. The van der Waals surface area contributed by atoms with Crippen molar-refractivity contribution in [2.24, 2.45) is 0 Å². The van der Waals surface area contributed by atoms with Crippen molar-refractivity contribution < 1.29 is 9.53 Å². The molecule has 4 nitrogen and oxygen atoms in total. The molecule has 100 valence electrons. The minimum Gasteiger partial charge on any atom is -0.465 e. The van der Waals surface area contributed by atoms with Crippen LogP contribution in [0.15, 0.2) is 0 Å². The number of ether oxygens (including phenoxy) is 1. The molecule has 1 rings (SSSR count). The van der Waals surface area contributed by atoms with Gasteiger partial charge >= 0.3 is 5.97 Å². The van der Waals surface area contributed by atoms with E-state index in [2.05, 4.69) is 24.1 Å². The van der Waals surface area contributed by atoms with E-state index >= 15 is 0 Å². The Morgan fingerprint density at radius 2 is 2.06 bits per heavy atom. The van der Waals surface area contributed by atoms with E-state index in [1.165, 1.54) is 0 Å². The van der Waals surface area contributed by atoms with E-state index in [9.17, 15) is 4.79 Å². The van der Waals surface area contributed by atoms with Gasteiger partial charge in [-0.25, -0.2) is 0 Å². The predicted molar refractivity (Wildman–Crippen MR) is 69.0 cm³/mol. The van der Waals surface area contributed by atoms with Crippen LogP contribution in [0.1, 0.15) is 39.5 Å². The molecule has 1 aliphatic heterocycles. The highest BCUT2D eigenvalue weighted by Crippen LogP contribution is 2.20. The van der Waals surface area contributed by atoms with Crippen LogP contribution in [0.2, 0.25) is 0 Å².